The predicted octanol–water partition coefficient (Wildman–Crippen LogP) is 2.10. The van der Waals surface area contributed by atoms with E-state index in [-0.39, 0.29) is 18.4 Å². The first-order chi connectivity index (χ1) is 12.1. The lowest BCUT2D eigenvalue weighted by atomic mass is 10.2. The number of ether oxygens (including phenoxy) is 1. The SMILES string of the molecule is CCC(Oc1ccc(C#N)cc1)C(=O)N1CC(=O)Nc2cccnc21. The first kappa shape index (κ1) is 16.5. The number of hydrogen-bond acceptors (Lipinski definition) is 5. The minimum atomic E-state index is -0.756. The number of carbonyl (C=O) groups is 2. The lowest BCUT2D eigenvalue weighted by molar-refractivity contribution is -0.127. The Hall–Kier alpha value is -3.40. The molecule has 0 bridgehead atoms. The number of nitrogens with one attached hydrogen (secondary N) is 1. The van der Waals surface area contributed by atoms with E-state index in [1.807, 2.05) is 13.0 Å². The standard InChI is InChI=1S/C18H16N4O3/c1-2-15(25-13-7-5-12(10-19)6-8-13)18(24)22-11-16(23)21-14-4-3-9-20-17(14)22/h3-9,15H,2,11H2,1H3,(H,21,23). The molecule has 2 heterocycles. The summed E-state index contributed by atoms with van der Waals surface area (Å²) < 4.78 is 5.77. The van der Waals surface area contributed by atoms with Gasteiger partial charge in [0.1, 0.15) is 12.3 Å². The summed E-state index contributed by atoms with van der Waals surface area (Å²) >= 11 is 0. The Kier molecular flexibility index (Phi) is 4.61. The summed E-state index contributed by atoms with van der Waals surface area (Å²) in [4.78, 5) is 30.3. The summed E-state index contributed by atoms with van der Waals surface area (Å²) in [5.41, 5.74) is 1.01. The molecule has 0 radical (unpaired) electrons. The highest BCUT2D eigenvalue weighted by atomic mass is 16.5. The number of hydrogen-bond donors (Lipinski definition) is 1. The Morgan fingerprint density at radius 1 is 1.40 bits per heavy atom. The van der Waals surface area contributed by atoms with Crippen LogP contribution in [0.5, 0.6) is 5.75 Å². The summed E-state index contributed by atoms with van der Waals surface area (Å²) in [6.45, 7) is 1.73. The second-order valence-electron chi connectivity index (χ2n) is 5.50. The van der Waals surface area contributed by atoms with Crippen LogP contribution < -0.4 is 15.0 Å². The monoisotopic (exact) mass is 336 g/mol. The fraction of sp³-hybridized carbons (Fsp3) is 0.222. The van der Waals surface area contributed by atoms with Gasteiger partial charge in [-0.1, -0.05) is 6.92 Å². The zero-order chi connectivity index (χ0) is 17.8. The molecule has 1 aliphatic heterocycles. The molecule has 3 rings (SSSR count). The molecule has 126 valence electrons. The number of nitrogens with zero attached hydrogens (tertiary/aromatic N) is 3. The van der Waals surface area contributed by atoms with Crippen LogP contribution in [0.25, 0.3) is 0 Å². The van der Waals surface area contributed by atoms with Gasteiger partial charge in [0.25, 0.3) is 5.91 Å². The van der Waals surface area contributed by atoms with Crippen molar-refractivity contribution < 1.29 is 14.3 Å². The van der Waals surface area contributed by atoms with Gasteiger partial charge in [-0.2, -0.15) is 5.26 Å². The lowest BCUT2D eigenvalue weighted by Gasteiger charge is -2.30. The van der Waals surface area contributed by atoms with E-state index in [1.54, 1.807) is 42.6 Å². The van der Waals surface area contributed by atoms with Crippen molar-refractivity contribution in [3.63, 3.8) is 0 Å². The molecule has 1 atom stereocenters. The highest BCUT2D eigenvalue weighted by Gasteiger charge is 2.32. The largest absolute Gasteiger partial charge is 0.481 e. The number of nitriles is 1. The highest BCUT2D eigenvalue weighted by molar-refractivity contribution is 6.10. The molecule has 0 saturated heterocycles. The fourth-order valence-corrected chi connectivity index (χ4v) is 2.55. The number of rotatable bonds is 4. The van der Waals surface area contributed by atoms with Crippen LogP contribution >= 0.6 is 0 Å². The fourth-order valence-electron chi connectivity index (χ4n) is 2.55. The number of amides is 2. The van der Waals surface area contributed by atoms with Crippen LogP contribution in [0.4, 0.5) is 11.5 Å². The Bertz CT molecular complexity index is 842. The number of anilines is 2. The topological polar surface area (TPSA) is 95.3 Å². The summed E-state index contributed by atoms with van der Waals surface area (Å²) in [5, 5.41) is 11.5. The molecule has 0 aliphatic carbocycles. The van der Waals surface area contributed by atoms with Gasteiger partial charge in [0.2, 0.25) is 5.91 Å². The van der Waals surface area contributed by atoms with E-state index >= 15 is 0 Å². The normalized spacial score (nSPS) is 14.1. The van der Waals surface area contributed by atoms with Crippen molar-refractivity contribution in [3.8, 4) is 11.8 Å². The molecule has 0 fully saturated rings. The number of benzene rings is 1. The van der Waals surface area contributed by atoms with E-state index in [2.05, 4.69) is 10.3 Å². The molecule has 7 nitrogen and oxygen atoms in total. The molecule has 2 aromatic rings. The molecular formula is C18H16N4O3. The Morgan fingerprint density at radius 2 is 2.16 bits per heavy atom. The van der Waals surface area contributed by atoms with Crippen molar-refractivity contribution in [1.29, 1.82) is 5.26 Å². The van der Waals surface area contributed by atoms with Crippen LogP contribution in [0.2, 0.25) is 0 Å². The minimum Gasteiger partial charge on any atom is -0.481 e. The van der Waals surface area contributed by atoms with Crippen LogP contribution in [0, 0.1) is 11.3 Å². The molecule has 2 amide bonds. The zero-order valence-corrected chi connectivity index (χ0v) is 13.6. The molecule has 0 saturated carbocycles. The van der Waals surface area contributed by atoms with Gasteiger partial charge in [-0.25, -0.2) is 4.98 Å². The average molecular weight is 336 g/mol. The van der Waals surface area contributed by atoms with Crippen LogP contribution in [0.15, 0.2) is 42.6 Å². The first-order valence-corrected chi connectivity index (χ1v) is 7.85. The summed E-state index contributed by atoms with van der Waals surface area (Å²) in [6, 6.07) is 11.9. The molecule has 1 aromatic heterocycles. The maximum atomic E-state index is 12.9. The van der Waals surface area contributed by atoms with Gasteiger partial charge in [0.05, 0.1) is 17.3 Å². The number of carbonyl (C=O) groups excluding carboxylic acids is 2. The van der Waals surface area contributed by atoms with Crippen molar-refractivity contribution in [1.82, 2.24) is 4.98 Å². The van der Waals surface area contributed by atoms with Gasteiger partial charge in [0.15, 0.2) is 11.9 Å². The van der Waals surface area contributed by atoms with Crippen molar-refractivity contribution in [3.05, 3.63) is 48.2 Å². The summed E-state index contributed by atoms with van der Waals surface area (Å²) in [7, 11) is 0. The van der Waals surface area contributed by atoms with Gasteiger partial charge >= 0.3 is 0 Å². The second-order valence-corrected chi connectivity index (χ2v) is 5.50. The number of aromatic nitrogens is 1. The first-order valence-electron chi connectivity index (χ1n) is 7.85. The predicted molar refractivity (Wildman–Crippen MR) is 91.1 cm³/mol. The van der Waals surface area contributed by atoms with Crippen molar-refractivity contribution in [2.24, 2.45) is 0 Å². The summed E-state index contributed by atoms with van der Waals surface area (Å²) in [5.74, 6) is 0.291. The molecule has 25 heavy (non-hydrogen) atoms. The smallest absolute Gasteiger partial charge is 0.269 e. The van der Waals surface area contributed by atoms with Gasteiger partial charge in [-0.3, -0.25) is 14.5 Å². The molecule has 1 aromatic carbocycles. The van der Waals surface area contributed by atoms with Crippen LogP contribution in [-0.4, -0.2) is 29.4 Å². The molecule has 1 aliphatic rings. The third kappa shape index (κ3) is 3.43. The van der Waals surface area contributed by atoms with Gasteiger partial charge in [-0.15, -0.1) is 0 Å². The Labute approximate surface area is 144 Å². The molecule has 1 unspecified atom stereocenters. The van der Waals surface area contributed by atoms with Gasteiger partial charge in [-0.05, 0) is 42.8 Å². The van der Waals surface area contributed by atoms with Crippen LogP contribution in [0.1, 0.15) is 18.9 Å². The highest BCUT2D eigenvalue weighted by Crippen LogP contribution is 2.27. The van der Waals surface area contributed by atoms with Crippen LogP contribution in [0.3, 0.4) is 0 Å². The third-order valence-corrected chi connectivity index (χ3v) is 3.79. The Balaban J connectivity index is 1.82. The van der Waals surface area contributed by atoms with E-state index in [4.69, 9.17) is 10.00 Å². The summed E-state index contributed by atoms with van der Waals surface area (Å²) in [6.07, 6.45) is 1.24. The van der Waals surface area contributed by atoms with Crippen molar-refractivity contribution >= 4 is 23.3 Å². The van der Waals surface area contributed by atoms with E-state index in [0.717, 1.165) is 0 Å². The van der Waals surface area contributed by atoms with Crippen molar-refractivity contribution in [2.75, 3.05) is 16.8 Å². The quantitative estimate of drug-likeness (QED) is 0.922. The number of fused-ring (bicyclic) bond motifs is 1. The van der Waals surface area contributed by atoms with E-state index < -0.39 is 6.10 Å². The second kappa shape index (κ2) is 7.01. The Morgan fingerprint density at radius 3 is 2.84 bits per heavy atom. The molecular weight excluding hydrogens is 320 g/mol. The van der Waals surface area contributed by atoms with Crippen LogP contribution in [-0.2, 0) is 9.59 Å². The van der Waals surface area contributed by atoms with E-state index in [1.165, 1.54) is 4.90 Å². The molecule has 7 heteroatoms. The molecule has 0 spiro atoms. The maximum Gasteiger partial charge on any atom is 0.269 e. The van der Waals surface area contributed by atoms with Gasteiger partial charge in [0, 0.05) is 6.20 Å². The molecule has 1 N–H and O–H groups in total. The maximum absolute atomic E-state index is 12.9. The lowest BCUT2D eigenvalue weighted by Crippen LogP contribution is -2.48. The number of pyridine rings is 1. The van der Waals surface area contributed by atoms with Crippen molar-refractivity contribution in [2.45, 2.75) is 19.4 Å². The zero-order valence-electron chi connectivity index (χ0n) is 13.6. The third-order valence-electron chi connectivity index (χ3n) is 3.79. The average Bonchev–Trinajstić information content (AvgIpc) is 2.65. The van der Waals surface area contributed by atoms with E-state index in [9.17, 15) is 9.59 Å². The van der Waals surface area contributed by atoms with E-state index in [0.29, 0.717) is 29.2 Å². The van der Waals surface area contributed by atoms with Gasteiger partial charge < -0.3 is 10.1 Å². The minimum absolute atomic E-state index is 0.101.